The average Bonchev–Trinajstić information content (AvgIpc) is 2.45. The molecule has 74 valence electrons. The van der Waals surface area contributed by atoms with Gasteiger partial charge in [-0.2, -0.15) is 0 Å². The molecular formula is C8H8ClN3O2. The quantitative estimate of drug-likeness (QED) is 0.678. The van der Waals surface area contributed by atoms with Gasteiger partial charge < -0.3 is 5.11 Å². The standard InChI is InChI=1S/C8H8ClN3O2/c9-6-2-7(11-4-10-6)12-3-5(13)1-8(12)14/h2,4-5,13H,1,3H2. The molecule has 1 aliphatic rings. The number of aliphatic hydroxyl groups excluding tert-OH is 1. The van der Waals surface area contributed by atoms with Gasteiger partial charge in [0.1, 0.15) is 17.3 Å². The summed E-state index contributed by atoms with van der Waals surface area (Å²) in [5, 5.41) is 9.54. The molecule has 0 aromatic carbocycles. The minimum absolute atomic E-state index is 0.140. The zero-order valence-electron chi connectivity index (χ0n) is 7.22. The molecule has 1 unspecified atom stereocenters. The van der Waals surface area contributed by atoms with Gasteiger partial charge in [0.2, 0.25) is 5.91 Å². The second kappa shape index (κ2) is 3.51. The van der Waals surface area contributed by atoms with Gasteiger partial charge >= 0.3 is 0 Å². The second-order valence-corrected chi connectivity index (χ2v) is 3.45. The van der Waals surface area contributed by atoms with Gasteiger partial charge in [0.25, 0.3) is 0 Å². The van der Waals surface area contributed by atoms with E-state index in [1.165, 1.54) is 17.3 Å². The third-order valence-corrected chi connectivity index (χ3v) is 2.21. The first-order valence-corrected chi connectivity index (χ1v) is 4.50. The largest absolute Gasteiger partial charge is 0.391 e. The van der Waals surface area contributed by atoms with Gasteiger partial charge in [-0.1, -0.05) is 11.6 Å². The molecular weight excluding hydrogens is 206 g/mol. The number of hydrogen-bond acceptors (Lipinski definition) is 4. The Morgan fingerprint density at radius 1 is 1.57 bits per heavy atom. The highest BCUT2D eigenvalue weighted by Gasteiger charge is 2.29. The van der Waals surface area contributed by atoms with Crippen molar-refractivity contribution in [3.63, 3.8) is 0 Å². The van der Waals surface area contributed by atoms with Crippen molar-refractivity contribution in [1.29, 1.82) is 0 Å². The summed E-state index contributed by atoms with van der Waals surface area (Å²) in [7, 11) is 0. The number of rotatable bonds is 1. The Morgan fingerprint density at radius 2 is 2.36 bits per heavy atom. The first kappa shape index (κ1) is 9.36. The number of nitrogens with zero attached hydrogens (tertiary/aromatic N) is 3. The fourth-order valence-corrected chi connectivity index (χ4v) is 1.52. The van der Waals surface area contributed by atoms with Crippen LogP contribution in [0.15, 0.2) is 12.4 Å². The third-order valence-electron chi connectivity index (χ3n) is 2.00. The van der Waals surface area contributed by atoms with Crippen molar-refractivity contribution in [2.75, 3.05) is 11.4 Å². The molecule has 14 heavy (non-hydrogen) atoms. The lowest BCUT2D eigenvalue weighted by atomic mass is 10.3. The highest BCUT2D eigenvalue weighted by molar-refractivity contribution is 6.29. The fraction of sp³-hybridized carbons (Fsp3) is 0.375. The number of hydrogen-bond donors (Lipinski definition) is 1. The van der Waals surface area contributed by atoms with Gasteiger partial charge in [-0.05, 0) is 0 Å². The normalized spacial score (nSPS) is 21.7. The highest BCUT2D eigenvalue weighted by atomic mass is 35.5. The van der Waals surface area contributed by atoms with Crippen molar-refractivity contribution in [3.8, 4) is 0 Å². The van der Waals surface area contributed by atoms with Crippen LogP contribution in [-0.4, -0.2) is 33.6 Å². The molecule has 2 heterocycles. The molecule has 1 fully saturated rings. The van der Waals surface area contributed by atoms with Crippen LogP contribution in [0.3, 0.4) is 0 Å². The Morgan fingerprint density at radius 3 is 2.93 bits per heavy atom. The Hall–Kier alpha value is -1.20. The minimum atomic E-state index is -0.615. The summed E-state index contributed by atoms with van der Waals surface area (Å²) in [6, 6.07) is 1.50. The zero-order valence-corrected chi connectivity index (χ0v) is 7.98. The van der Waals surface area contributed by atoms with Crippen molar-refractivity contribution >= 4 is 23.3 Å². The Labute approximate surface area is 85.3 Å². The molecule has 1 amide bonds. The Bertz CT molecular complexity index is 371. The molecule has 6 heteroatoms. The lowest BCUT2D eigenvalue weighted by Crippen LogP contribution is -2.26. The number of halogens is 1. The summed E-state index contributed by atoms with van der Waals surface area (Å²) in [6.07, 6.45) is 0.813. The van der Waals surface area contributed by atoms with Crippen LogP contribution in [0.4, 0.5) is 5.82 Å². The molecule has 2 rings (SSSR count). The molecule has 1 N–H and O–H groups in total. The smallest absolute Gasteiger partial charge is 0.230 e. The van der Waals surface area contributed by atoms with Crippen LogP contribution in [0.5, 0.6) is 0 Å². The van der Waals surface area contributed by atoms with E-state index in [0.29, 0.717) is 5.82 Å². The van der Waals surface area contributed by atoms with E-state index >= 15 is 0 Å². The van der Waals surface area contributed by atoms with E-state index in [9.17, 15) is 9.90 Å². The zero-order chi connectivity index (χ0) is 10.1. The molecule has 0 radical (unpaired) electrons. The summed E-state index contributed by atoms with van der Waals surface area (Å²) in [5.74, 6) is 0.291. The number of aromatic nitrogens is 2. The average molecular weight is 214 g/mol. The molecule has 1 atom stereocenters. The second-order valence-electron chi connectivity index (χ2n) is 3.06. The SMILES string of the molecule is O=C1CC(O)CN1c1cc(Cl)ncn1. The number of aliphatic hydroxyl groups is 1. The van der Waals surface area contributed by atoms with Crippen LogP contribution >= 0.6 is 11.6 Å². The molecule has 5 nitrogen and oxygen atoms in total. The van der Waals surface area contributed by atoms with E-state index in [2.05, 4.69) is 9.97 Å². The van der Waals surface area contributed by atoms with E-state index in [0.717, 1.165) is 0 Å². The fourth-order valence-electron chi connectivity index (χ4n) is 1.38. The van der Waals surface area contributed by atoms with Crippen LogP contribution in [-0.2, 0) is 4.79 Å². The third kappa shape index (κ3) is 1.69. The maximum Gasteiger partial charge on any atom is 0.230 e. The van der Waals surface area contributed by atoms with E-state index in [4.69, 9.17) is 11.6 Å². The van der Waals surface area contributed by atoms with Crippen molar-refractivity contribution in [1.82, 2.24) is 9.97 Å². The van der Waals surface area contributed by atoms with Gasteiger partial charge in [0.05, 0.1) is 19.1 Å². The molecule has 0 bridgehead atoms. The number of amides is 1. The molecule has 1 aromatic heterocycles. The monoisotopic (exact) mass is 213 g/mol. The van der Waals surface area contributed by atoms with Crippen LogP contribution in [0.25, 0.3) is 0 Å². The van der Waals surface area contributed by atoms with Gasteiger partial charge in [-0.15, -0.1) is 0 Å². The van der Waals surface area contributed by atoms with Crippen LogP contribution in [0, 0.1) is 0 Å². The summed E-state index contributed by atoms with van der Waals surface area (Å²) in [5.41, 5.74) is 0. The molecule has 0 aliphatic carbocycles. The van der Waals surface area contributed by atoms with Gasteiger partial charge in [-0.25, -0.2) is 9.97 Å². The maximum absolute atomic E-state index is 11.4. The highest BCUT2D eigenvalue weighted by Crippen LogP contribution is 2.20. The van der Waals surface area contributed by atoms with Crippen molar-refractivity contribution in [3.05, 3.63) is 17.5 Å². The lowest BCUT2D eigenvalue weighted by Gasteiger charge is -2.13. The van der Waals surface area contributed by atoms with Crippen LogP contribution in [0.1, 0.15) is 6.42 Å². The van der Waals surface area contributed by atoms with E-state index in [1.54, 1.807) is 0 Å². The predicted octanol–water partition coefficient (Wildman–Crippen LogP) is 0.228. The first-order chi connectivity index (χ1) is 6.66. The van der Waals surface area contributed by atoms with Crippen LogP contribution < -0.4 is 4.90 Å². The number of anilines is 1. The maximum atomic E-state index is 11.4. The van der Waals surface area contributed by atoms with Gasteiger partial charge in [0.15, 0.2) is 0 Å². The molecule has 1 saturated heterocycles. The van der Waals surface area contributed by atoms with Crippen molar-refractivity contribution in [2.45, 2.75) is 12.5 Å². The molecule has 0 saturated carbocycles. The number of β-amino-alcohol motifs (C(OH)–C–C–N with tert-alkyl or cyclic N) is 1. The van der Waals surface area contributed by atoms with Crippen LogP contribution in [0.2, 0.25) is 5.15 Å². The molecule has 1 aliphatic heterocycles. The molecule has 0 spiro atoms. The minimum Gasteiger partial charge on any atom is -0.391 e. The van der Waals surface area contributed by atoms with Gasteiger partial charge in [0, 0.05) is 6.07 Å². The predicted molar refractivity (Wildman–Crippen MR) is 50.0 cm³/mol. The van der Waals surface area contributed by atoms with Gasteiger partial charge in [-0.3, -0.25) is 9.69 Å². The lowest BCUT2D eigenvalue weighted by molar-refractivity contribution is -0.117. The first-order valence-electron chi connectivity index (χ1n) is 4.13. The summed E-state index contributed by atoms with van der Waals surface area (Å²) < 4.78 is 0. The Kier molecular flexibility index (Phi) is 2.35. The Balaban J connectivity index is 2.27. The summed E-state index contributed by atoms with van der Waals surface area (Å²) in [6.45, 7) is 0.270. The van der Waals surface area contributed by atoms with Crippen molar-refractivity contribution < 1.29 is 9.90 Å². The van der Waals surface area contributed by atoms with E-state index in [1.807, 2.05) is 0 Å². The summed E-state index contributed by atoms with van der Waals surface area (Å²) in [4.78, 5) is 20.4. The number of carbonyl (C=O) groups excluding carboxylic acids is 1. The molecule has 1 aromatic rings. The van der Waals surface area contributed by atoms with E-state index in [-0.39, 0.29) is 24.0 Å². The van der Waals surface area contributed by atoms with E-state index < -0.39 is 6.10 Å². The topological polar surface area (TPSA) is 66.3 Å². The number of carbonyl (C=O) groups is 1. The summed E-state index contributed by atoms with van der Waals surface area (Å²) >= 11 is 5.66. The van der Waals surface area contributed by atoms with Crippen molar-refractivity contribution in [2.24, 2.45) is 0 Å².